The minimum atomic E-state index is -4.18. The number of anilines is 1. The van der Waals surface area contributed by atoms with Crippen molar-refractivity contribution in [3.05, 3.63) is 46.8 Å². The molecule has 1 aromatic heterocycles. The Morgan fingerprint density at radius 2 is 1.80 bits per heavy atom. The van der Waals surface area contributed by atoms with Gasteiger partial charge in [0.05, 0.1) is 13.2 Å². The van der Waals surface area contributed by atoms with Crippen molar-refractivity contribution in [3.8, 4) is 0 Å². The largest absolute Gasteiger partial charge is 0.462 e. The maximum absolute atomic E-state index is 12.9. The Kier molecular flexibility index (Phi) is 7.16. The molecule has 0 bridgehead atoms. The topological polar surface area (TPSA) is 124 Å². The van der Waals surface area contributed by atoms with E-state index in [1.54, 1.807) is 50.6 Å². The summed E-state index contributed by atoms with van der Waals surface area (Å²) >= 11 is 0. The number of hydrogen-bond donors (Lipinski definition) is 2. The molecule has 0 saturated heterocycles. The number of Topliss-reactive ketones (excluding diaryl/α,β-unsaturated/α-hetero) is 1. The number of carbonyl (C=O) groups is 3. The molecule has 0 fully saturated rings. The highest BCUT2D eigenvalue weighted by Gasteiger charge is 2.31. The van der Waals surface area contributed by atoms with Crippen LogP contribution in [0, 0.1) is 13.8 Å². The molecule has 30 heavy (non-hydrogen) atoms. The Morgan fingerprint density at radius 3 is 2.40 bits per heavy atom. The molecule has 0 aliphatic rings. The average Bonchev–Trinajstić information content (AvgIpc) is 2.91. The molecule has 0 atom stereocenters. The van der Waals surface area contributed by atoms with Gasteiger partial charge in [-0.1, -0.05) is 12.1 Å². The van der Waals surface area contributed by atoms with E-state index in [0.717, 1.165) is 0 Å². The van der Waals surface area contributed by atoms with Gasteiger partial charge in [0.2, 0.25) is 15.9 Å². The Balaban J connectivity index is 2.22. The lowest BCUT2D eigenvalue weighted by Gasteiger charge is -2.10. The fraction of sp³-hybridized carbons (Fsp3) is 0.350. The summed E-state index contributed by atoms with van der Waals surface area (Å²) in [6.45, 7) is 5.76. The minimum Gasteiger partial charge on any atom is -0.462 e. The molecule has 0 unspecified atom stereocenters. The number of ketones is 1. The summed E-state index contributed by atoms with van der Waals surface area (Å²) in [6.07, 6.45) is 0. The SMILES string of the molecule is CCOC(=O)c1c(S(=O)(=O)NCC(=O)Nc2cccc(C(C)=O)c2)c(C)n(C)c1C. The third kappa shape index (κ3) is 4.95. The standard InChI is InChI=1S/C20H25N3O6S/c1-6-29-20(26)18-12(2)23(5)13(3)19(18)30(27,28)21-11-17(25)22-16-9-7-8-15(10-16)14(4)24/h7-10,21H,6,11H2,1-5H3,(H,22,25). The van der Waals surface area contributed by atoms with Gasteiger partial charge in [-0.2, -0.15) is 0 Å². The third-order valence-electron chi connectivity index (χ3n) is 4.65. The highest BCUT2D eigenvalue weighted by Crippen LogP contribution is 2.26. The van der Waals surface area contributed by atoms with Crippen LogP contribution in [0.1, 0.15) is 46.0 Å². The fourth-order valence-corrected chi connectivity index (χ4v) is 4.43. The van der Waals surface area contributed by atoms with Gasteiger partial charge in [0, 0.05) is 29.7 Å². The van der Waals surface area contributed by atoms with Gasteiger partial charge in [0.15, 0.2) is 5.78 Å². The van der Waals surface area contributed by atoms with Crippen molar-refractivity contribution in [3.63, 3.8) is 0 Å². The lowest BCUT2D eigenvalue weighted by molar-refractivity contribution is -0.115. The van der Waals surface area contributed by atoms with Crippen LogP contribution in [0.5, 0.6) is 0 Å². The maximum Gasteiger partial charge on any atom is 0.341 e. The summed E-state index contributed by atoms with van der Waals surface area (Å²) < 4.78 is 34.6. The van der Waals surface area contributed by atoms with E-state index in [-0.39, 0.29) is 22.8 Å². The first-order chi connectivity index (χ1) is 14.0. The van der Waals surface area contributed by atoms with Gasteiger partial charge < -0.3 is 14.6 Å². The number of ether oxygens (including phenoxy) is 1. The molecule has 10 heteroatoms. The number of rotatable bonds is 8. The van der Waals surface area contributed by atoms with E-state index in [1.807, 2.05) is 0 Å². The van der Waals surface area contributed by atoms with E-state index in [4.69, 9.17) is 4.74 Å². The van der Waals surface area contributed by atoms with Crippen molar-refractivity contribution in [2.45, 2.75) is 32.6 Å². The van der Waals surface area contributed by atoms with Crippen LogP contribution in [0.25, 0.3) is 0 Å². The third-order valence-corrected chi connectivity index (χ3v) is 6.21. The van der Waals surface area contributed by atoms with Crippen LogP contribution in [0.4, 0.5) is 5.69 Å². The number of nitrogens with zero attached hydrogens (tertiary/aromatic N) is 1. The lowest BCUT2D eigenvalue weighted by Crippen LogP contribution is -2.34. The molecule has 0 radical (unpaired) electrons. The zero-order valence-corrected chi connectivity index (χ0v) is 18.3. The lowest BCUT2D eigenvalue weighted by atomic mass is 10.1. The number of hydrogen-bond acceptors (Lipinski definition) is 6. The summed E-state index contributed by atoms with van der Waals surface area (Å²) in [5, 5.41) is 2.54. The molecule has 1 aromatic carbocycles. The number of sulfonamides is 1. The van der Waals surface area contributed by atoms with Crippen molar-refractivity contribution >= 4 is 33.4 Å². The Bertz CT molecular complexity index is 1100. The van der Waals surface area contributed by atoms with Crippen LogP contribution in [0.15, 0.2) is 29.2 Å². The zero-order chi connectivity index (χ0) is 22.6. The predicted molar refractivity (Wildman–Crippen MR) is 111 cm³/mol. The number of amides is 1. The highest BCUT2D eigenvalue weighted by molar-refractivity contribution is 7.89. The summed E-state index contributed by atoms with van der Waals surface area (Å²) in [6, 6.07) is 6.30. The van der Waals surface area contributed by atoms with E-state index >= 15 is 0 Å². The van der Waals surface area contributed by atoms with E-state index < -0.39 is 28.4 Å². The number of aromatic nitrogens is 1. The molecular formula is C20H25N3O6S. The smallest absolute Gasteiger partial charge is 0.341 e. The van der Waals surface area contributed by atoms with E-state index in [9.17, 15) is 22.8 Å². The van der Waals surface area contributed by atoms with Gasteiger partial charge in [-0.25, -0.2) is 17.9 Å². The number of benzene rings is 1. The quantitative estimate of drug-likeness (QED) is 0.482. The van der Waals surface area contributed by atoms with Crippen molar-refractivity contribution in [1.82, 2.24) is 9.29 Å². The summed E-state index contributed by atoms with van der Waals surface area (Å²) in [7, 11) is -2.54. The summed E-state index contributed by atoms with van der Waals surface area (Å²) in [5.41, 5.74) is 1.52. The van der Waals surface area contributed by atoms with Gasteiger partial charge in [-0.3, -0.25) is 9.59 Å². The molecule has 2 aromatic rings. The van der Waals surface area contributed by atoms with Crippen LogP contribution in [0.2, 0.25) is 0 Å². The van der Waals surface area contributed by atoms with E-state index in [1.165, 1.54) is 13.0 Å². The van der Waals surface area contributed by atoms with Crippen LogP contribution < -0.4 is 10.0 Å². The number of carbonyl (C=O) groups excluding carboxylic acids is 3. The van der Waals surface area contributed by atoms with Gasteiger partial charge in [-0.05, 0) is 39.8 Å². The van der Waals surface area contributed by atoms with Crippen molar-refractivity contribution in [2.75, 3.05) is 18.5 Å². The molecule has 9 nitrogen and oxygen atoms in total. The van der Waals surface area contributed by atoms with Crippen molar-refractivity contribution in [2.24, 2.45) is 7.05 Å². The van der Waals surface area contributed by atoms with Crippen LogP contribution in [-0.2, 0) is 26.6 Å². The normalized spacial score (nSPS) is 11.2. The Labute approximate surface area is 175 Å². The van der Waals surface area contributed by atoms with E-state index in [0.29, 0.717) is 22.6 Å². The molecule has 162 valence electrons. The molecule has 2 N–H and O–H groups in total. The van der Waals surface area contributed by atoms with Crippen LogP contribution >= 0.6 is 0 Å². The predicted octanol–water partition coefficient (Wildman–Crippen LogP) is 1.94. The van der Waals surface area contributed by atoms with Crippen molar-refractivity contribution in [1.29, 1.82) is 0 Å². The van der Waals surface area contributed by atoms with Gasteiger partial charge in [-0.15, -0.1) is 0 Å². The number of esters is 1. The summed E-state index contributed by atoms with van der Waals surface area (Å²) in [5.74, 6) is -1.53. The molecule has 0 saturated carbocycles. The van der Waals surface area contributed by atoms with E-state index in [2.05, 4.69) is 10.0 Å². The monoisotopic (exact) mass is 435 g/mol. The van der Waals surface area contributed by atoms with Crippen molar-refractivity contribution < 1.29 is 27.5 Å². The molecule has 0 aliphatic heterocycles. The molecule has 1 heterocycles. The second-order valence-corrected chi connectivity index (χ2v) is 8.37. The highest BCUT2D eigenvalue weighted by atomic mass is 32.2. The molecule has 2 rings (SSSR count). The second-order valence-electron chi connectivity index (χ2n) is 6.66. The van der Waals surface area contributed by atoms with Crippen LogP contribution in [-0.4, -0.2) is 43.8 Å². The average molecular weight is 436 g/mol. The first kappa shape index (κ1) is 23.3. The molecular weight excluding hydrogens is 410 g/mol. The minimum absolute atomic E-state index is 0.0566. The molecule has 1 amide bonds. The Hall–Kier alpha value is -2.98. The molecule has 0 aliphatic carbocycles. The molecule has 0 spiro atoms. The van der Waals surface area contributed by atoms with Crippen LogP contribution in [0.3, 0.4) is 0 Å². The van der Waals surface area contributed by atoms with Gasteiger partial charge in [0.25, 0.3) is 0 Å². The Morgan fingerprint density at radius 1 is 1.13 bits per heavy atom. The zero-order valence-electron chi connectivity index (χ0n) is 17.5. The summed E-state index contributed by atoms with van der Waals surface area (Å²) in [4.78, 5) is 35.8. The fourth-order valence-electron chi connectivity index (χ4n) is 2.94. The maximum atomic E-state index is 12.9. The van der Waals surface area contributed by atoms with Gasteiger partial charge in [0.1, 0.15) is 10.5 Å². The number of nitrogens with one attached hydrogen (secondary N) is 2. The first-order valence-corrected chi connectivity index (χ1v) is 10.7. The van der Waals surface area contributed by atoms with Gasteiger partial charge >= 0.3 is 5.97 Å². The second kappa shape index (κ2) is 9.23. The first-order valence-electron chi connectivity index (χ1n) is 9.23.